The molecule has 2 N–H and O–H groups in total. The molecule has 1 aromatic rings. The molecule has 160 valence electrons. The van der Waals surface area contributed by atoms with Crippen molar-refractivity contribution in [2.45, 2.75) is 31.1 Å². The molecule has 0 fully saturated rings. The quantitative estimate of drug-likeness (QED) is 0.701. The third-order valence-corrected chi connectivity index (χ3v) is 6.19. The first-order valence-corrected chi connectivity index (χ1v) is 10.2. The van der Waals surface area contributed by atoms with Crippen LogP contribution in [0, 0.1) is 5.92 Å². The number of nitrogens with zero attached hydrogens (tertiary/aromatic N) is 5. The summed E-state index contributed by atoms with van der Waals surface area (Å²) in [6.07, 6.45) is 10.3. The van der Waals surface area contributed by atoms with Gasteiger partial charge < -0.3 is 19.9 Å². The number of aromatic nitrogens is 2. The normalized spacial score (nSPS) is 28.1. The molecule has 4 atom stereocenters. The van der Waals surface area contributed by atoms with Crippen LogP contribution in [0.4, 0.5) is 10.6 Å². The van der Waals surface area contributed by atoms with Crippen LogP contribution in [0.3, 0.4) is 0 Å². The van der Waals surface area contributed by atoms with E-state index in [2.05, 4.69) is 28.2 Å². The zero-order valence-electron chi connectivity index (χ0n) is 17.1. The topological polar surface area (TPSA) is 93.9 Å². The predicted molar refractivity (Wildman–Crippen MR) is 113 cm³/mol. The molecule has 4 rings (SSSR count). The number of aliphatic hydroxyl groups is 1. The Morgan fingerprint density at radius 2 is 2.13 bits per heavy atom. The maximum atomic E-state index is 12.6. The molecule has 0 saturated carbocycles. The minimum absolute atomic E-state index is 0.000625. The maximum Gasteiger partial charge on any atom is 0.327 e. The van der Waals surface area contributed by atoms with Crippen molar-refractivity contribution in [2.75, 3.05) is 25.5 Å². The molecule has 0 aromatic carbocycles. The minimum Gasteiger partial charge on any atom is -0.368 e. The zero-order chi connectivity index (χ0) is 21.6. The van der Waals surface area contributed by atoms with Gasteiger partial charge in [-0.1, -0.05) is 19.1 Å². The van der Waals surface area contributed by atoms with Crippen LogP contribution in [0.15, 0.2) is 42.5 Å². The molecule has 4 unspecified atom stereocenters. The molecule has 9 nitrogen and oxygen atoms in total. The average Bonchev–Trinajstić information content (AvgIpc) is 3.34. The largest absolute Gasteiger partial charge is 0.368 e. The highest BCUT2D eigenvalue weighted by atomic mass is 35.5. The van der Waals surface area contributed by atoms with Gasteiger partial charge in [0.15, 0.2) is 12.0 Å². The number of alkyl halides is 1. The van der Waals surface area contributed by atoms with E-state index in [1.165, 1.54) is 23.2 Å². The van der Waals surface area contributed by atoms with Gasteiger partial charge >= 0.3 is 6.03 Å². The van der Waals surface area contributed by atoms with Crippen LogP contribution in [-0.2, 0) is 11.3 Å². The van der Waals surface area contributed by atoms with Gasteiger partial charge in [-0.05, 0) is 18.1 Å². The molecule has 0 spiro atoms. The minimum atomic E-state index is -1.15. The van der Waals surface area contributed by atoms with Gasteiger partial charge in [-0.3, -0.25) is 14.6 Å². The second-order valence-electron chi connectivity index (χ2n) is 7.83. The molecule has 1 aliphatic carbocycles. The first-order chi connectivity index (χ1) is 14.3. The fourth-order valence-corrected chi connectivity index (χ4v) is 4.00. The first-order valence-electron chi connectivity index (χ1n) is 9.78. The van der Waals surface area contributed by atoms with E-state index >= 15 is 0 Å². The van der Waals surface area contributed by atoms with Crippen LogP contribution in [0.25, 0.3) is 0 Å². The zero-order valence-corrected chi connectivity index (χ0v) is 17.8. The van der Waals surface area contributed by atoms with Crippen molar-refractivity contribution in [1.29, 1.82) is 0 Å². The van der Waals surface area contributed by atoms with Gasteiger partial charge in [-0.25, -0.2) is 9.78 Å². The van der Waals surface area contributed by atoms with Crippen LogP contribution < -0.4 is 10.2 Å². The van der Waals surface area contributed by atoms with Crippen LogP contribution in [0.2, 0.25) is 0 Å². The third-order valence-electron chi connectivity index (χ3n) is 5.65. The number of fused-ring (bicyclic) bond motifs is 1. The van der Waals surface area contributed by atoms with Crippen molar-refractivity contribution in [3.8, 4) is 0 Å². The molecule has 3 aliphatic rings. The molecule has 0 radical (unpaired) electrons. The van der Waals surface area contributed by atoms with E-state index < -0.39 is 6.23 Å². The summed E-state index contributed by atoms with van der Waals surface area (Å²) in [6, 6.07) is -0.492. The van der Waals surface area contributed by atoms with Gasteiger partial charge in [0.25, 0.3) is 0 Å². The smallest absolute Gasteiger partial charge is 0.327 e. The molecule has 2 aliphatic heterocycles. The van der Waals surface area contributed by atoms with Gasteiger partial charge in [0.1, 0.15) is 12.2 Å². The Balaban J connectivity index is 1.39. The number of imidazole rings is 1. The fourth-order valence-electron chi connectivity index (χ4n) is 3.85. The molecular weight excluding hydrogens is 408 g/mol. The lowest BCUT2D eigenvalue weighted by Crippen LogP contribution is -2.46. The Morgan fingerprint density at radius 1 is 1.37 bits per heavy atom. The molecule has 10 heteroatoms. The lowest BCUT2D eigenvalue weighted by molar-refractivity contribution is -0.122. The number of rotatable bonds is 4. The lowest BCUT2D eigenvalue weighted by Gasteiger charge is -2.34. The van der Waals surface area contributed by atoms with Crippen molar-refractivity contribution in [3.63, 3.8) is 0 Å². The number of hydrogen-bond acceptors (Lipinski definition) is 5. The summed E-state index contributed by atoms with van der Waals surface area (Å²) in [5.41, 5.74) is 1.48. The number of anilines is 1. The Hall–Kier alpha value is -2.78. The standard InChI is InChI=1S/C20H25ClN6O3/c1-12-8-14(4-5-15(12)21)26-7-6-13(9-26)23-16(28)10-27-11-22-18-17(27)19(29)25(3)20(30)24(18)2/h4-8,11-13,15,19,29H,9-10H2,1-3H3,(H,23,28). The average molecular weight is 433 g/mol. The Morgan fingerprint density at radius 3 is 2.87 bits per heavy atom. The molecular formula is C20H25ClN6O3. The van der Waals surface area contributed by atoms with Gasteiger partial charge in [-0.15, -0.1) is 11.6 Å². The number of urea groups is 1. The van der Waals surface area contributed by atoms with Crippen LogP contribution in [0.1, 0.15) is 18.8 Å². The molecule has 3 heterocycles. The summed E-state index contributed by atoms with van der Waals surface area (Å²) in [6.45, 7) is 2.70. The number of carbonyl (C=O) groups is 2. The van der Waals surface area contributed by atoms with E-state index in [4.69, 9.17) is 11.6 Å². The van der Waals surface area contributed by atoms with Crippen molar-refractivity contribution in [2.24, 2.45) is 5.92 Å². The third kappa shape index (κ3) is 3.59. The molecule has 3 amide bonds. The number of nitrogens with one attached hydrogen (secondary N) is 1. The predicted octanol–water partition coefficient (Wildman–Crippen LogP) is 1.39. The van der Waals surface area contributed by atoms with Gasteiger partial charge in [-0.2, -0.15) is 0 Å². The number of carbonyl (C=O) groups excluding carboxylic acids is 2. The Labute approximate surface area is 179 Å². The molecule has 1 aromatic heterocycles. The van der Waals surface area contributed by atoms with E-state index in [1.807, 2.05) is 24.4 Å². The second-order valence-corrected chi connectivity index (χ2v) is 8.33. The lowest BCUT2D eigenvalue weighted by atomic mass is 10.0. The molecule has 30 heavy (non-hydrogen) atoms. The number of allylic oxidation sites excluding steroid dienone is 3. The van der Waals surface area contributed by atoms with E-state index in [9.17, 15) is 14.7 Å². The van der Waals surface area contributed by atoms with Crippen molar-refractivity contribution in [1.82, 2.24) is 24.7 Å². The summed E-state index contributed by atoms with van der Waals surface area (Å²) in [7, 11) is 3.09. The fraction of sp³-hybridized carbons (Fsp3) is 0.450. The van der Waals surface area contributed by atoms with Crippen LogP contribution >= 0.6 is 11.6 Å². The van der Waals surface area contributed by atoms with Crippen LogP contribution in [0.5, 0.6) is 0 Å². The van der Waals surface area contributed by atoms with E-state index in [-0.39, 0.29) is 35.8 Å². The van der Waals surface area contributed by atoms with Crippen molar-refractivity contribution >= 4 is 29.4 Å². The monoisotopic (exact) mass is 432 g/mol. The SMILES string of the molecule is CC1C=C(N2C=CC(NC(=O)Cn3cnc4c3C(O)N(C)C(=O)N4C)C2)C=CC1Cl. The summed E-state index contributed by atoms with van der Waals surface area (Å²) >= 11 is 6.22. The highest BCUT2D eigenvalue weighted by molar-refractivity contribution is 6.22. The summed E-state index contributed by atoms with van der Waals surface area (Å²) < 4.78 is 1.57. The van der Waals surface area contributed by atoms with Gasteiger partial charge in [0.2, 0.25) is 5.91 Å². The maximum absolute atomic E-state index is 12.6. The Bertz CT molecular complexity index is 954. The van der Waals surface area contributed by atoms with Crippen molar-refractivity contribution < 1.29 is 14.7 Å². The number of amides is 3. The van der Waals surface area contributed by atoms with E-state index in [1.54, 1.807) is 11.6 Å². The summed E-state index contributed by atoms with van der Waals surface area (Å²) in [5, 5.41) is 13.4. The summed E-state index contributed by atoms with van der Waals surface area (Å²) in [4.78, 5) is 33.6. The van der Waals surface area contributed by atoms with Crippen molar-refractivity contribution in [3.05, 3.63) is 48.2 Å². The second kappa shape index (κ2) is 7.81. The number of halogens is 1. The highest BCUT2D eigenvalue weighted by Crippen LogP contribution is 2.32. The number of aliphatic hydroxyl groups excluding tert-OH is 1. The van der Waals surface area contributed by atoms with E-state index in [0.717, 1.165) is 5.70 Å². The van der Waals surface area contributed by atoms with Gasteiger partial charge in [0, 0.05) is 32.5 Å². The first kappa shape index (κ1) is 20.5. The number of hydrogen-bond donors (Lipinski definition) is 2. The van der Waals surface area contributed by atoms with Gasteiger partial charge in [0.05, 0.1) is 17.7 Å². The Kier molecular flexibility index (Phi) is 5.33. The molecule has 0 bridgehead atoms. The van der Waals surface area contributed by atoms with Crippen LogP contribution in [-0.4, -0.2) is 68.5 Å². The summed E-state index contributed by atoms with van der Waals surface area (Å²) in [5.74, 6) is 0.396. The molecule has 0 saturated heterocycles. The van der Waals surface area contributed by atoms with E-state index in [0.29, 0.717) is 18.1 Å². The highest BCUT2D eigenvalue weighted by Gasteiger charge is 2.36.